The Labute approximate surface area is 222 Å². The minimum atomic E-state index is -1.23. The van der Waals surface area contributed by atoms with Crippen LogP contribution < -0.4 is 5.46 Å². The van der Waals surface area contributed by atoms with Gasteiger partial charge in [0.05, 0.1) is 11.2 Å². The standard InChI is InChI=1S/C26H35BO11/c1-14(28)32-13-20-22(33-15(2)29)24(35-17(4)31)23(34-16(3)30)21(36-20)18-9-11-19(12-10-18)27-37-25(5,6)26(7,8)38-27/h9-12,20-24H,13H2,1-8H3/t20-,21-,22-,23-,24+/m1/s1. The van der Waals surface area contributed by atoms with Crippen molar-refractivity contribution < 1.29 is 52.2 Å². The van der Waals surface area contributed by atoms with Crippen LogP contribution in [0.4, 0.5) is 0 Å². The van der Waals surface area contributed by atoms with E-state index in [1.165, 1.54) is 27.7 Å². The molecule has 1 aromatic carbocycles. The number of carbonyl (C=O) groups is 4. The average Bonchev–Trinajstić information content (AvgIpc) is 3.01. The van der Waals surface area contributed by atoms with Gasteiger partial charge in [0.15, 0.2) is 18.3 Å². The maximum Gasteiger partial charge on any atom is 0.494 e. The smallest absolute Gasteiger partial charge is 0.463 e. The van der Waals surface area contributed by atoms with Gasteiger partial charge in [-0.1, -0.05) is 24.3 Å². The number of hydrogen-bond acceptors (Lipinski definition) is 11. The van der Waals surface area contributed by atoms with Crippen molar-refractivity contribution in [2.45, 2.75) is 97.1 Å². The van der Waals surface area contributed by atoms with Crippen LogP contribution in [0.5, 0.6) is 0 Å². The summed E-state index contributed by atoms with van der Waals surface area (Å²) >= 11 is 0. The molecule has 1 aromatic rings. The second kappa shape index (κ2) is 11.4. The Morgan fingerprint density at radius 3 is 1.68 bits per heavy atom. The van der Waals surface area contributed by atoms with Crippen LogP contribution in [-0.2, 0) is 52.2 Å². The fourth-order valence-electron chi connectivity index (χ4n) is 4.32. The molecule has 208 valence electrons. The van der Waals surface area contributed by atoms with Crippen molar-refractivity contribution in [2.75, 3.05) is 6.61 Å². The second-order valence-electron chi connectivity index (χ2n) is 10.4. The Balaban J connectivity index is 1.98. The Bertz CT molecular complexity index is 1040. The molecule has 2 heterocycles. The molecule has 38 heavy (non-hydrogen) atoms. The Hall–Kier alpha value is -2.96. The highest BCUT2D eigenvalue weighted by atomic mass is 16.7. The zero-order valence-corrected chi connectivity index (χ0v) is 23.0. The first-order chi connectivity index (χ1) is 17.6. The Morgan fingerprint density at radius 2 is 1.21 bits per heavy atom. The van der Waals surface area contributed by atoms with E-state index in [9.17, 15) is 19.2 Å². The zero-order valence-electron chi connectivity index (χ0n) is 23.0. The van der Waals surface area contributed by atoms with Crippen molar-refractivity contribution in [1.82, 2.24) is 0 Å². The van der Waals surface area contributed by atoms with Gasteiger partial charge in [-0.3, -0.25) is 19.2 Å². The van der Waals surface area contributed by atoms with E-state index in [1.807, 2.05) is 27.7 Å². The molecule has 2 aliphatic rings. The maximum absolute atomic E-state index is 12.1. The van der Waals surface area contributed by atoms with Crippen molar-refractivity contribution in [3.63, 3.8) is 0 Å². The Kier molecular flexibility index (Phi) is 8.90. The summed E-state index contributed by atoms with van der Waals surface area (Å²) in [5.74, 6) is -2.61. The van der Waals surface area contributed by atoms with Gasteiger partial charge in [-0.25, -0.2) is 0 Å². The van der Waals surface area contributed by atoms with Crippen molar-refractivity contribution in [2.24, 2.45) is 0 Å². The number of rotatable bonds is 7. The lowest BCUT2D eigenvalue weighted by atomic mass is 9.78. The van der Waals surface area contributed by atoms with Crippen molar-refractivity contribution in [1.29, 1.82) is 0 Å². The van der Waals surface area contributed by atoms with Gasteiger partial charge in [-0.15, -0.1) is 0 Å². The molecule has 0 bridgehead atoms. The van der Waals surface area contributed by atoms with Crippen LogP contribution >= 0.6 is 0 Å². The molecule has 2 saturated heterocycles. The molecule has 0 saturated carbocycles. The predicted octanol–water partition coefficient (Wildman–Crippen LogP) is 1.78. The van der Waals surface area contributed by atoms with E-state index in [1.54, 1.807) is 24.3 Å². The largest absolute Gasteiger partial charge is 0.494 e. The lowest BCUT2D eigenvalue weighted by Crippen LogP contribution is -2.59. The van der Waals surface area contributed by atoms with E-state index in [0.29, 0.717) is 5.56 Å². The summed E-state index contributed by atoms with van der Waals surface area (Å²) in [6.07, 6.45) is -5.59. The molecule has 0 unspecified atom stereocenters. The molecule has 5 atom stereocenters. The van der Waals surface area contributed by atoms with Gasteiger partial charge in [-0.05, 0) is 38.7 Å². The molecule has 12 heteroatoms. The van der Waals surface area contributed by atoms with Gasteiger partial charge < -0.3 is 33.0 Å². The third-order valence-corrected chi connectivity index (χ3v) is 6.78. The van der Waals surface area contributed by atoms with Gasteiger partial charge in [0.25, 0.3) is 0 Å². The van der Waals surface area contributed by atoms with E-state index in [2.05, 4.69) is 0 Å². The number of benzene rings is 1. The molecule has 3 rings (SSSR count). The molecule has 2 fully saturated rings. The van der Waals surface area contributed by atoms with E-state index in [4.69, 9.17) is 33.0 Å². The molecular weight excluding hydrogens is 499 g/mol. The highest BCUT2D eigenvalue weighted by Crippen LogP contribution is 2.39. The summed E-state index contributed by atoms with van der Waals surface area (Å²) in [4.78, 5) is 47.5. The van der Waals surface area contributed by atoms with Crippen LogP contribution in [0.1, 0.15) is 67.1 Å². The van der Waals surface area contributed by atoms with Gasteiger partial charge in [-0.2, -0.15) is 0 Å². The molecule has 0 aromatic heterocycles. The average molecular weight is 534 g/mol. The molecule has 0 spiro atoms. The van der Waals surface area contributed by atoms with Crippen molar-refractivity contribution in [3.8, 4) is 0 Å². The number of ether oxygens (including phenoxy) is 5. The van der Waals surface area contributed by atoms with E-state index in [0.717, 1.165) is 5.46 Å². The molecule has 0 N–H and O–H groups in total. The minimum absolute atomic E-state index is 0.291. The van der Waals surface area contributed by atoms with Crippen molar-refractivity contribution >= 4 is 36.5 Å². The van der Waals surface area contributed by atoms with E-state index < -0.39 is 72.7 Å². The molecule has 11 nitrogen and oxygen atoms in total. The fraction of sp³-hybridized carbons (Fsp3) is 0.615. The van der Waals surface area contributed by atoms with Crippen molar-refractivity contribution in [3.05, 3.63) is 29.8 Å². The van der Waals surface area contributed by atoms with Gasteiger partial charge in [0, 0.05) is 27.7 Å². The topological polar surface area (TPSA) is 133 Å². The predicted molar refractivity (Wildman–Crippen MR) is 133 cm³/mol. The molecule has 0 amide bonds. The first kappa shape index (κ1) is 29.6. The SMILES string of the molecule is CC(=O)OC[C@H]1O[C@H](c2ccc(B3OC(C)(C)C(C)(C)O3)cc2)[C@@H](OC(C)=O)[C@@H](OC(C)=O)[C@@H]1OC(C)=O. The normalized spacial score (nSPS) is 27.8. The molecule has 2 aliphatic heterocycles. The molecular formula is C26H35BO11. The van der Waals surface area contributed by atoms with Crippen LogP contribution in [0.2, 0.25) is 0 Å². The summed E-state index contributed by atoms with van der Waals surface area (Å²) < 4.78 is 40.0. The van der Waals surface area contributed by atoms with E-state index in [-0.39, 0.29) is 6.61 Å². The van der Waals surface area contributed by atoms with E-state index >= 15 is 0 Å². The lowest BCUT2D eigenvalue weighted by Gasteiger charge is -2.44. The summed E-state index contributed by atoms with van der Waals surface area (Å²) in [6, 6.07) is 7.10. The lowest BCUT2D eigenvalue weighted by molar-refractivity contribution is -0.254. The first-order valence-corrected chi connectivity index (χ1v) is 12.4. The Morgan fingerprint density at radius 1 is 0.737 bits per heavy atom. The highest BCUT2D eigenvalue weighted by Gasteiger charge is 2.53. The second-order valence-corrected chi connectivity index (χ2v) is 10.4. The van der Waals surface area contributed by atoms with Crippen LogP contribution in [-0.4, -0.2) is 73.2 Å². The summed E-state index contributed by atoms with van der Waals surface area (Å²) in [5.41, 5.74) is 0.299. The summed E-state index contributed by atoms with van der Waals surface area (Å²) in [6.45, 7) is 12.3. The minimum Gasteiger partial charge on any atom is -0.463 e. The number of hydrogen-bond donors (Lipinski definition) is 0. The number of esters is 4. The van der Waals surface area contributed by atoms with Crippen LogP contribution in [0.3, 0.4) is 0 Å². The first-order valence-electron chi connectivity index (χ1n) is 12.4. The van der Waals surface area contributed by atoms with Crippen LogP contribution in [0, 0.1) is 0 Å². The quantitative estimate of drug-likeness (QED) is 0.288. The third kappa shape index (κ3) is 6.72. The fourth-order valence-corrected chi connectivity index (χ4v) is 4.32. The monoisotopic (exact) mass is 534 g/mol. The van der Waals surface area contributed by atoms with Gasteiger partial charge in [0.1, 0.15) is 18.8 Å². The zero-order chi connectivity index (χ0) is 28.4. The summed E-state index contributed by atoms with van der Waals surface area (Å²) in [7, 11) is -0.593. The van der Waals surface area contributed by atoms with Gasteiger partial charge in [0.2, 0.25) is 0 Å². The maximum atomic E-state index is 12.1. The third-order valence-electron chi connectivity index (χ3n) is 6.78. The highest BCUT2D eigenvalue weighted by molar-refractivity contribution is 6.62. The molecule has 0 radical (unpaired) electrons. The van der Waals surface area contributed by atoms with Crippen LogP contribution in [0.25, 0.3) is 0 Å². The van der Waals surface area contributed by atoms with Gasteiger partial charge >= 0.3 is 31.0 Å². The van der Waals surface area contributed by atoms with Crippen LogP contribution in [0.15, 0.2) is 24.3 Å². The summed E-state index contributed by atoms with van der Waals surface area (Å²) in [5, 5.41) is 0. The molecule has 0 aliphatic carbocycles. The number of carbonyl (C=O) groups excluding carboxylic acids is 4.